The maximum Gasteiger partial charge on any atom is 0.243 e. The highest BCUT2D eigenvalue weighted by Gasteiger charge is 2.23. The van der Waals surface area contributed by atoms with Crippen molar-refractivity contribution in [3.63, 3.8) is 0 Å². The first kappa shape index (κ1) is 19.6. The average molecular weight is 434 g/mol. The van der Waals surface area contributed by atoms with Crippen molar-refractivity contribution in [1.82, 2.24) is 24.4 Å². The van der Waals surface area contributed by atoms with E-state index in [1.165, 1.54) is 38.9 Å². The fraction of sp³-hybridized carbons (Fsp3) is 0.278. The van der Waals surface area contributed by atoms with Gasteiger partial charge < -0.3 is 9.25 Å². The standard InChI is InChI=1S/C18H19N5O4S2/c1-3-22(4-2)29(24,25)14-7-8-15-16(10-14)23(21-20-15)27-12-13-11-26-18(19-13)17-6-5-9-28-17/h5-11H,3-4,12H2,1-2H3. The van der Waals surface area contributed by atoms with E-state index in [0.717, 1.165) is 4.88 Å². The van der Waals surface area contributed by atoms with E-state index in [1.807, 2.05) is 17.5 Å². The van der Waals surface area contributed by atoms with Crippen LogP contribution in [0.3, 0.4) is 0 Å². The second kappa shape index (κ2) is 7.93. The van der Waals surface area contributed by atoms with Gasteiger partial charge in [0, 0.05) is 13.1 Å². The van der Waals surface area contributed by atoms with E-state index in [-0.39, 0.29) is 11.5 Å². The van der Waals surface area contributed by atoms with Crippen molar-refractivity contribution < 1.29 is 17.7 Å². The lowest BCUT2D eigenvalue weighted by molar-refractivity contribution is 0.0730. The van der Waals surface area contributed by atoms with E-state index in [4.69, 9.17) is 9.25 Å². The quantitative estimate of drug-likeness (QED) is 0.421. The summed E-state index contributed by atoms with van der Waals surface area (Å²) >= 11 is 1.53. The fourth-order valence-electron chi connectivity index (χ4n) is 2.86. The van der Waals surface area contributed by atoms with Crippen LogP contribution in [0.5, 0.6) is 0 Å². The number of thiophene rings is 1. The van der Waals surface area contributed by atoms with E-state index in [1.54, 1.807) is 19.9 Å². The molecule has 0 amide bonds. The molecule has 0 spiro atoms. The Hall–Kier alpha value is -2.76. The van der Waals surface area contributed by atoms with Crippen molar-refractivity contribution in [3.8, 4) is 10.8 Å². The Morgan fingerprint density at radius 3 is 2.79 bits per heavy atom. The van der Waals surface area contributed by atoms with Crippen LogP contribution in [0.2, 0.25) is 0 Å². The molecule has 11 heteroatoms. The average Bonchev–Trinajstić information content (AvgIpc) is 3.46. The van der Waals surface area contributed by atoms with Gasteiger partial charge in [-0.15, -0.1) is 16.4 Å². The molecule has 0 N–H and O–H groups in total. The number of nitrogens with zero attached hydrogens (tertiary/aromatic N) is 5. The maximum atomic E-state index is 12.8. The van der Waals surface area contributed by atoms with Crippen molar-refractivity contribution in [1.29, 1.82) is 0 Å². The third-order valence-electron chi connectivity index (χ3n) is 4.35. The second-order valence-electron chi connectivity index (χ2n) is 6.10. The number of hydrogen-bond acceptors (Lipinski definition) is 8. The van der Waals surface area contributed by atoms with Crippen LogP contribution < -0.4 is 4.84 Å². The van der Waals surface area contributed by atoms with Crippen molar-refractivity contribution in [2.24, 2.45) is 0 Å². The Labute approximate surface area is 171 Å². The van der Waals surface area contributed by atoms with E-state index < -0.39 is 10.0 Å². The first-order valence-electron chi connectivity index (χ1n) is 9.00. The highest BCUT2D eigenvalue weighted by molar-refractivity contribution is 7.89. The predicted molar refractivity (Wildman–Crippen MR) is 108 cm³/mol. The number of benzene rings is 1. The molecule has 0 saturated carbocycles. The molecule has 1 aromatic carbocycles. The highest BCUT2D eigenvalue weighted by atomic mass is 32.2. The van der Waals surface area contributed by atoms with Gasteiger partial charge in [-0.1, -0.05) is 24.8 Å². The molecule has 3 heterocycles. The smallest absolute Gasteiger partial charge is 0.243 e. The second-order valence-corrected chi connectivity index (χ2v) is 8.98. The normalized spacial score (nSPS) is 12.1. The molecule has 0 fully saturated rings. The van der Waals surface area contributed by atoms with Crippen molar-refractivity contribution in [2.45, 2.75) is 25.3 Å². The van der Waals surface area contributed by atoms with Gasteiger partial charge in [0.05, 0.1) is 9.77 Å². The lowest BCUT2D eigenvalue weighted by atomic mass is 10.3. The molecule has 152 valence electrons. The first-order valence-corrected chi connectivity index (χ1v) is 11.3. The molecule has 0 aliphatic heterocycles. The van der Waals surface area contributed by atoms with Gasteiger partial charge >= 0.3 is 0 Å². The lowest BCUT2D eigenvalue weighted by Gasteiger charge is -2.18. The van der Waals surface area contributed by atoms with E-state index in [2.05, 4.69) is 15.3 Å². The van der Waals surface area contributed by atoms with E-state index >= 15 is 0 Å². The molecule has 3 aromatic heterocycles. The molecule has 0 aliphatic carbocycles. The van der Waals surface area contributed by atoms with Gasteiger partial charge in [0.1, 0.15) is 23.0 Å². The summed E-state index contributed by atoms with van der Waals surface area (Å²) in [5.74, 6) is 0.523. The summed E-state index contributed by atoms with van der Waals surface area (Å²) in [4.78, 5) is 12.4. The zero-order chi connectivity index (χ0) is 20.4. The van der Waals surface area contributed by atoms with Gasteiger partial charge in [-0.05, 0) is 34.9 Å². The molecule has 9 nitrogen and oxygen atoms in total. The number of aromatic nitrogens is 4. The monoisotopic (exact) mass is 433 g/mol. The zero-order valence-electron chi connectivity index (χ0n) is 15.8. The van der Waals surface area contributed by atoms with Crippen LogP contribution in [0, 0.1) is 0 Å². The summed E-state index contributed by atoms with van der Waals surface area (Å²) in [6, 6.07) is 8.50. The summed E-state index contributed by atoms with van der Waals surface area (Å²) < 4.78 is 32.4. The number of hydrogen-bond donors (Lipinski definition) is 0. The molecule has 4 aromatic rings. The largest absolute Gasteiger partial charge is 0.443 e. The molecular weight excluding hydrogens is 414 g/mol. The molecule has 0 atom stereocenters. The van der Waals surface area contributed by atoms with Crippen LogP contribution in [0.25, 0.3) is 21.8 Å². The summed E-state index contributed by atoms with van der Waals surface area (Å²) in [5, 5.41) is 9.92. The molecule has 0 saturated heterocycles. The van der Waals surface area contributed by atoms with Crippen molar-refractivity contribution in [2.75, 3.05) is 13.1 Å². The summed E-state index contributed by atoms with van der Waals surface area (Å²) in [6.45, 7) is 4.49. The van der Waals surface area contributed by atoms with Gasteiger partial charge in [0.25, 0.3) is 0 Å². The van der Waals surface area contributed by atoms with Crippen LogP contribution in [0.15, 0.2) is 51.3 Å². The van der Waals surface area contributed by atoms with E-state index in [9.17, 15) is 8.42 Å². The zero-order valence-corrected chi connectivity index (χ0v) is 17.5. The van der Waals surface area contributed by atoms with Crippen molar-refractivity contribution >= 4 is 32.4 Å². The molecular formula is C18H19N5O4S2. The number of rotatable bonds is 8. The van der Waals surface area contributed by atoms with Gasteiger partial charge in [-0.3, -0.25) is 0 Å². The fourth-order valence-corrected chi connectivity index (χ4v) is 4.99. The van der Waals surface area contributed by atoms with Crippen LogP contribution in [0.1, 0.15) is 19.5 Å². The van der Waals surface area contributed by atoms with Crippen LogP contribution >= 0.6 is 11.3 Å². The SMILES string of the molecule is CCN(CC)S(=O)(=O)c1ccc2nnn(OCc3coc(-c4cccs4)n3)c2c1. The molecule has 0 bridgehead atoms. The van der Waals surface area contributed by atoms with Crippen LogP contribution in [0.4, 0.5) is 0 Å². The van der Waals surface area contributed by atoms with Gasteiger partial charge in [-0.25, -0.2) is 13.4 Å². The number of sulfonamides is 1. The summed E-state index contributed by atoms with van der Waals surface area (Å²) in [6.07, 6.45) is 1.52. The topological polar surface area (TPSA) is 103 Å². The van der Waals surface area contributed by atoms with Crippen LogP contribution in [-0.4, -0.2) is 46.0 Å². The Kier molecular flexibility index (Phi) is 5.35. The minimum Gasteiger partial charge on any atom is -0.443 e. The summed E-state index contributed by atoms with van der Waals surface area (Å²) in [7, 11) is -3.59. The Bertz CT molecular complexity index is 1210. The maximum absolute atomic E-state index is 12.8. The lowest BCUT2D eigenvalue weighted by Crippen LogP contribution is -2.30. The van der Waals surface area contributed by atoms with Gasteiger partial charge in [0.15, 0.2) is 6.61 Å². The molecule has 29 heavy (non-hydrogen) atoms. The molecule has 4 rings (SSSR count). The number of oxazole rings is 1. The summed E-state index contributed by atoms with van der Waals surface area (Å²) in [5.41, 5.74) is 1.58. The molecule has 0 unspecified atom stereocenters. The Morgan fingerprint density at radius 2 is 2.07 bits per heavy atom. The predicted octanol–water partition coefficient (Wildman–Crippen LogP) is 2.81. The minimum atomic E-state index is -3.59. The molecule has 0 radical (unpaired) electrons. The van der Waals surface area contributed by atoms with Gasteiger partial charge in [0.2, 0.25) is 15.9 Å². The Balaban J connectivity index is 1.57. The third kappa shape index (κ3) is 3.76. The van der Waals surface area contributed by atoms with Crippen LogP contribution in [-0.2, 0) is 16.6 Å². The van der Waals surface area contributed by atoms with E-state index in [0.29, 0.717) is 35.7 Å². The number of fused-ring (bicyclic) bond motifs is 1. The highest BCUT2D eigenvalue weighted by Crippen LogP contribution is 2.24. The molecule has 0 aliphatic rings. The van der Waals surface area contributed by atoms with Gasteiger partial charge in [-0.2, -0.15) is 4.31 Å². The Morgan fingerprint density at radius 1 is 1.24 bits per heavy atom. The minimum absolute atomic E-state index is 0.0976. The third-order valence-corrected chi connectivity index (χ3v) is 7.25. The first-order chi connectivity index (χ1) is 14.0. The van der Waals surface area contributed by atoms with Crippen molar-refractivity contribution in [3.05, 3.63) is 47.7 Å².